The lowest BCUT2D eigenvalue weighted by atomic mass is 9.94. The van der Waals surface area contributed by atoms with Crippen LogP contribution in [0.2, 0.25) is 0 Å². The van der Waals surface area contributed by atoms with E-state index in [-0.39, 0.29) is 12.5 Å². The Morgan fingerprint density at radius 1 is 1.57 bits per heavy atom. The van der Waals surface area contributed by atoms with E-state index in [0.29, 0.717) is 32.6 Å². The summed E-state index contributed by atoms with van der Waals surface area (Å²) in [6.07, 6.45) is 1.16. The molecule has 1 aliphatic heterocycles. The van der Waals surface area contributed by atoms with Crippen LogP contribution in [0.5, 0.6) is 0 Å². The topological polar surface area (TPSA) is 75.8 Å². The zero-order valence-corrected chi connectivity index (χ0v) is 8.53. The van der Waals surface area contributed by atoms with E-state index in [1.165, 1.54) is 4.90 Å². The SMILES string of the molecule is CN(CC1(O)CCOCC1)C(=O)CN. The Labute approximate surface area is 83.8 Å². The van der Waals surface area contributed by atoms with Crippen LogP contribution in [0, 0.1) is 0 Å². The summed E-state index contributed by atoms with van der Waals surface area (Å²) < 4.78 is 5.15. The minimum atomic E-state index is -0.794. The van der Waals surface area contributed by atoms with Crippen molar-refractivity contribution in [2.45, 2.75) is 18.4 Å². The lowest BCUT2D eigenvalue weighted by Crippen LogP contribution is -2.48. The van der Waals surface area contributed by atoms with Crippen LogP contribution >= 0.6 is 0 Å². The van der Waals surface area contributed by atoms with Gasteiger partial charge in [0.1, 0.15) is 0 Å². The highest BCUT2D eigenvalue weighted by Gasteiger charge is 2.31. The quantitative estimate of drug-likeness (QED) is 0.612. The third-order valence-electron chi connectivity index (χ3n) is 2.56. The van der Waals surface area contributed by atoms with E-state index in [1.807, 2.05) is 0 Å². The molecule has 5 heteroatoms. The van der Waals surface area contributed by atoms with Gasteiger partial charge in [-0.3, -0.25) is 4.79 Å². The summed E-state index contributed by atoms with van der Waals surface area (Å²) in [4.78, 5) is 12.7. The maximum atomic E-state index is 11.2. The van der Waals surface area contributed by atoms with Crippen LogP contribution < -0.4 is 5.73 Å². The van der Waals surface area contributed by atoms with Crippen molar-refractivity contribution in [3.8, 4) is 0 Å². The predicted octanol–water partition coefficient (Wildman–Crippen LogP) is -1.05. The van der Waals surface area contributed by atoms with Crippen molar-refractivity contribution in [1.29, 1.82) is 0 Å². The number of nitrogens with two attached hydrogens (primary N) is 1. The lowest BCUT2D eigenvalue weighted by Gasteiger charge is -2.35. The van der Waals surface area contributed by atoms with Gasteiger partial charge in [0.25, 0.3) is 0 Å². The molecule has 3 N–H and O–H groups in total. The van der Waals surface area contributed by atoms with Gasteiger partial charge in [0, 0.05) is 39.6 Å². The van der Waals surface area contributed by atoms with Gasteiger partial charge in [0.2, 0.25) is 5.91 Å². The number of nitrogens with zero attached hydrogens (tertiary/aromatic N) is 1. The van der Waals surface area contributed by atoms with Crippen molar-refractivity contribution in [2.24, 2.45) is 5.73 Å². The molecule has 0 spiro atoms. The smallest absolute Gasteiger partial charge is 0.236 e. The van der Waals surface area contributed by atoms with E-state index in [2.05, 4.69) is 0 Å². The minimum absolute atomic E-state index is 0.0108. The molecule has 0 radical (unpaired) electrons. The Kier molecular flexibility index (Phi) is 3.86. The molecule has 5 nitrogen and oxygen atoms in total. The van der Waals surface area contributed by atoms with Gasteiger partial charge in [-0.15, -0.1) is 0 Å². The number of hydrogen-bond acceptors (Lipinski definition) is 4. The highest BCUT2D eigenvalue weighted by Crippen LogP contribution is 2.21. The average Bonchev–Trinajstić information content (AvgIpc) is 2.17. The van der Waals surface area contributed by atoms with Crippen molar-refractivity contribution in [1.82, 2.24) is 4.90 Å². The number of rotatable bonds is 3. The summed E-state index contributed by atoms with van der Waals surface area (Å²) in [5, 5.41) is 10.1. The van der Waals surface area contributed by atoms with Crippen LogP contribution in [-0.4, -0.2) is 54.9 Å². The lowest BCUT2D eigenvalue weighted by molar-refractivity contribution is -0.135. The summed E-state index contributed by atoms with van der Waals surface area (Å²) in [7, 11) is 1.66. The Hall–Kier alpha value is -0.650. The minimum Gasteiger partial charge on any atom is -0.388 e. The normalized spacial score (nSPS) is 20.5. The first-order chi connectivity index (χ1) is 6.57. The van der Waals surface area contributed by atoms with Gasteiger partial charge < -0.3 is 20.5 Å². The molecule has 1 heterocycles. The fourth-order valence-corrected chi connectivity index (χ4v) is 1.59. The van der Waals surface area contributed by atoms with Crippen LogP contribution in [-0.2, 0) is 9.53 Å². The van der Waals surface area contributed by atoms with Crippen LogP contribution in [0.15, 0.2) is 0 Å². The summed E-state index contributed by atoms with van der Waals surface area (Å²) in [6, 6.07) is 0. The zero-order valence-electron chi connectivity index (χ0n) is 8.53. The second-order valence-electron chi connectivity index (χ2n) is 3.79. The first kappa shape index (κ1) is 11.4. The summed E-state index contributed by atoms with van der Waals surface area (Å²) in [5.41, 5.74) is 4.43. The van der Waals surface area contributed by atoms with E-state index >= 15 is 0 Å². The highest BCUT2D eigenvalue weighted by atomic mass is 16.5. The maximum Gasteiger partial charge on any atom is 0.236 e. The Balaban J connectivity index is 2.44. The zero-order chi connectivity index (χ0) is 10.6. The monoisotopic (exact) mass is 202 g/mol. The average molecular weight is 202 g/mol. The first-order valence-electron chi connectivity index (χ1n) is 4.81. The van der Waals surface area contributed by atoms with E-state index in [4.69, 9.17) is 10.5 Å². The molecule has 0 atom stereocenters. The van der Waals surface area contributed by atoms with Gasteiger partial charge in [-0.25, -0.2) is 0 Å². The van der Waals surface area contributed by atoms with Gasteiger partial charge in [-0.2, -0.15) is 0 Å². The molecule has 0 aromatic heterocycles. The van der Waals surface area contributed by atoms with Crippen LogP contribution in [0.4, 0.5) is 0 Å². The molecule has 14 heavy (non-hydrogen) atoms. The maximum absolute atomic E-state index is 11.2. The number of likely N-dealkylation sites (N-methyl/N-ethyl adjacent to an activating group) is 1. The summed E-state index contributed by atoms with van der Waals surface area (Å²) >= 11 is 0. The fourth-order valence-electron chi connectivity index (χ4n) is 1.59. The highest BCUT2D eigenvalue weighted by molar-refractivity contribution is 5.77. The van der Waals surface area contributed by atoms with Crippen LogP contribution in [0.25, 0.3) is 0 Å². The second kappa shape index (κ2) is 4.72. The molecule has 1 rings (SSSR count). The standard InChI is InChI=1S/C9H18N2O3/c1-11(8(12)6-10)7-9(13)2-4-14-5-3-9/h13H,2-7,10H2,1H3. The van der Waals surface area contributed by atoms with E-state index in [1.54, 1.807) is 7.05 Å². The molecular weight excluding hydrogens is 184 g/mol. The van der Waals surface area contributed by atoms with Crippen molar-refractivity contribution >= 4 is 5.91 Å². The molecule has 1 saturated heterocycles. The van der Waals surface area contributed by atoms with Crippen LogP contribution in [0.3, 0.4) is 0 Å². The van der Waals surface area contributed by atoms with Gasteiger partial charge in [0.05, 0.1) is 12.1 Å². The summed E-state index contributed by atoms with van der Waals surface area (Å²) in [5.74, 6) is -0.148. The Morgan fingerprint density at radius 2 is 2.14 bits per heavy atom. The number of carbonyl (C=O) groups is 1. The molecule has 0 aromatic rings. The third kappa shape index (κ3) is 2.94. The fraction of sp³-hybridized carbons (Fsp3) is 0.889. The molecular formula is C9H18N2O3. The Morgan fingerprint density at radius 3 is 2.64 bits per heavy atom. The molecule has 0 aromatic carbocycles. The van der Waals surface area contributed by atoms with Gasteiger partial charge >= 0.3 is 0 Å². The van der Waals surface area contributed by atoms with E-state index in [0.717, 1.165) is 0 Å². The van der Waals surface area contributed by atoms with E-state index in [9.17, 15) is 9.90 Å². The largest absolute Gasteiger partial charge is 0.388 e. The van der Waals surface area contributed by atoms with Crippen LogP contribution in [0.1, 0.15) is 12.8 Å². The number of amides is 1. The molecule has 0 unspecified atom stereocenters. The predicted molar refractivity (Wildman–Crippen MR) is 51.7 cm³/mol. The van der Waals surface area contributed by atoms with Crippen molar-refractivity contribution in [3.63, 3.8) is 0 Å². The van der Waals surface area contributed by atoms with Crippen molar-refractivity contribution in [2.75, 3.05) is 33.4 Å². The van der Waals surface area contributed by atoms with Gasteiger partial charge in [-0.1, -0.05) is 0 Å². The third-order valence-corrected chi connectivity index (χ3v) is 2.56. The van der Waals surface area contributed by atoms with Gasteiger partial charge in [0.15, 0.2) is 0 Å². The number of hydrogen-bond donors (Lipinski definition) is 2. The molecule has 82 valence electrons. The number of carbonyl (C=O) groups excluding carboxylic acids is 1. The number of ether oxygens (including phenoxy) is 1. The molecule has 1 aliphatic rings. The van der Waals surface area contributed by atoms with Crippen molar-refractivity contribution < 1.29 is 14.6 Å². The molecule has 0 aliphatic carbocycles. The Bertz CT molecular complexity index is 202. The van der Waals surface area contributed by atoms with E-state index < -0.39 is 5.60 Å². The van der Waals surface area contributed by atoms with Crippen molar-refractivity contribution in [3.05, 3.63) is 0 Å². The number of aliphatic hydroxyl groups is 1. The first-order valence-corrected chi connectivity index (χ1v) is 4.81. The van der Waals surface area contributed by atoms with Gasteiger partial charge in [-0.05, 0) is 0 Å². The molecule has 0 saturated carbocycles. The molecule has 1 fully saturated rings. The molecule has 0 bridgehead atoms. The second-order valence-corrected chi connectivity index (χ2v) is 3.79. The summed E-state index contributed by atoms with van der Waals surface area (Å²) in [6.45, 7) is 1.44. The molecule has 1 amide bonds.